The summed E-state index contributed by atoms with van der Waals surface area (Å²) >= 11 is 12.2. The van der Waals surface area contributed by atoms with Crippen molar-refractivity contribution < 1.29 is 9.32 Å². The van der Waals surface area contributed by atoms with E-state index in [1.165, 1.54) is 5.56 Å². The lowest BCUT2D eigenvalue weighted by atomic mass is 9.95. The normalized spacial score (nSPS) is 17.8. The molecule has 4 rings (SSSR count). The van der Waals surface area contributed by atoms with E-state index in [2.05, 4.69) is 39.4 Å². The molecule has 0 spiro atoms. The molecule has 0 bridgehead atoms. The molecule has 168 valence electrons. The lowest BCUT2D eigenvalue weighted by Crippen LogP contribution is -2.43. The Morgan fingerprint density at radius 2 is 2.09 bits per heavy atom. The van der Waals surface area contributed by atoms with Gasteiger partial charge in [-0.25, -0.2) is 0 Å². The van der Waals surface area contributed by atoms with Crippen molar-refractivity contribution in [3.05, 3.63) is 69.5 Å². The second-order valence-electron chi connectivity index (χ2n) is 8.30. The minimum atomic E-state index is -0.0664. The number of likely N-dealkylation sites (tertiary alicyclic amines) is 1. The molecule has 0 radical (unpaired) electrons. The number of piperidine rings is 1. The molecule has 1 aromatic heterocycles. The first-order valence-corrected chi connectivity index (χ1v) is 11.5. The summed E-state index contributed by atoms with van der Waals surface area (Å²) in [4.78, 5) is 19.6. The monoisotopic (exact) mass is 472 g/mol. The number of amides is 1. The minimum Gasteiger partial charge on any atom is -0.349 e. The number of nitrogens with one attached hydrogen (secondary N) is 1. The van der Waals surface area contributed by atoms with E-state index in [0.717, 1.165) is 24.9 Å². The number of hydrogen-bond acceptors (Lipinski definition) is 5. The van der Waals surface area contributed by atoms with Crippen LogP contribution in [-0.4, -0.2) is 34.0 Å². The molecule has 8 heteroatoms. The maximum Gasteiger partial charge on any atom is 0.241 e. The van der Waals surface area contributed by atoms with Crippen LogP contribution in [0.15, 0.2) is 47.0 Å². The first-order chi connectivity index (χ1) is 15.4. The Morgan fingerprint density at radius 3 is 2.88 bits per heavy atom. The average Bonchev–Trinajstić information content (AvgIpc) is 3.22. The van der Waals surface area contributed by atoms with Crippen LogP contribution in [0.5, 0.6) is 0 Å². The number of rotatable bonds is 6. The number of hydrogen-bond donors (Lipinski definition) is 1. The van der Waals surface area contributed by atoms with Crippen molar-refractivity contribution in [3.63, 3.8) is 0 Å². The Labute approximate surface area is 197 Å². The second kappa shape index (κ2) is 10.0. The maximum atomic E-state index is 12.9. The van der Waals surface area contributed by atoms with Crippen LogP contribution < -0.4 is 5.32 Å². The lowest BCUT2D eigenvalue weighted by molar-refractivity contribution is -0.127. The van der Waals surface area contributed by atoms with Gasteiger partial charge in [-0.3, -0.25) is 9.69 Å². The fourth-order valence-electron chi connectivity index (χ4n) is 4.19. The van der Waals surface area contributed by atoms with Gasteiger partial charge in [0.1, 0.15) is 0 Å². The van der Waals surface area contributed by atoms with E-state index in [0.29, 0.717) is 40.4 Å². The molecule has 3 aromatic rings. The summed E-state index contributed by atoms with van der Waals surface area (Å²) < 4.78 is 5.44. The molecule has 2 unspecified atom stereocenters. The van der Waals surface area contributed by atoms with Gasteiger partial charge in [0.25, 0.3) is 0 Å². The van der Waals surface area contributed by atoms with Crippen LogP contribution in [0.3, 0.4) is 0 Å². The molecule has 1 aliphatic heterocycles. The number of nitrogens with zero attached hydrogens (tertiary/aromatic N) is 3. The molecule has 2 heterocycles. The predicted octanol–water partition coefficient (Wildman–Crippen LogP) is 5.44. The van der Waals surface area contributed by atoms with Gasteiger partial charge in [-0.05, 0) is 62.6 Å². The van der Waals surface area contributed by atoms with Gasteiger partial charge < -0.3 is 9.84 Å². The Kier molecular flexibility index (Phi) is 7.13. The highest BCUT2D eigenvalue weighted by atomic mass is 35.5. The van der Waals surface area contributed by atoms with Gasteiger partial charge in [0, 0.05) is 17.1 Å². The van der Waals surface area contributed by atoms with Crippen molar-refractivity contribution >= 4 is 29.1 Å². The van der Waals surface area contributed by atoms with E-state index < -0.39 is 0 Å². The second-order valence-corrected chi connectivity index (χ2v) is 9.14. The summed E-state index contributed by atoms with van der Waals surface area (Å²) in [6.07, 6.45) is 1.82. The van der Waals surface area contributed by atoms with E-state index in [1.54, 1.807) is 18.2 Å². The number of halogens is 2. The third-order valence-corrected chi connectivity index (χ3v) is 6.44. The summed E-state index contributed by atoms with van der Waals surface area (Å²) in [7, 11) is 0. The third-order valence-electron chi connectivity index (χ3n) is 5.89. The SMILES string of the molecule is Cc1ccccc1C(C)NC(=O)C1CCCN(Cc2nc(-c3ccc(Cl)cc3Cl)no2)C1. The maximum absolute atomic E-state index is 12.9. The molecule has 1 saturated heterocycles. The zero-order valence-corrected chi connectivity index (χ0v) is 19.7. The molecule has 0 aliphatic carbocycles. The molecular weight excluding hydrogens is 447 g/mol. The van der Waals surface area contributed by atoms with Gasteiger partial charge in [0.05, 0.1) is 23.5 Å². The first-order valence-electron chi connectivity index (χ1n) is 10.8. The van der Waals surface area contributed by atoms with Gasteiger partial charge in [0.15, 0.2) is 0 Å². The zero-order chi connectivity index (χ0) is 22.7. The predicted molar refractivity (Wildman–Crippen MR) is 125 cm³/mol. The fourth-order valence-corrected chi connectivity index (χ4v) is 4.68. The summed E-state index contributed by atoms with van der Waals surface area (Å²) in [5, 5.41) is 8.27. The van der Waals surface area contributed by atoms with Gasteiger partial charge in [-0.1, -0.05) is 52.6 Å². The highest BCUT2D eigenvalue weighted by Crippen LogP contribution is 2.29. The van der Waals surface area contributed by atoms with Gasteiger partial charge in [-0.15, -0.1) is 0 Å². The van der Waals surface area contributed by atoms with E-state index >= 15 is 0 Å². The highest BCUT2D eigenvalue weighted by Gasteiger charge is 2.28. The van der Waals surface area contributed by atoms with Crippen LogP contribution in [0, 0.1) is 12.8 Å². The quantitative estimate of drug-likeness (QED) is 0.516. The summed E-state index contributed by atoms with van der Waals surface area (Å²) in [6, 6.07) is 13.3. The summed E-state index contributed by atoms with van der Waals surface area (Å²) in [6.45, 7) is 6.14. The van der Waals surface area contributed by atoms with Crippen LogP contribution in [0.4, 0.5) is 0 Å². The average molecular weight is 473 g/mol. The Bertz CT molecular complexity index is 1100. The van der Waals surface area contributed by atoms with E-state index in [4.69, 9.17) is 27.7 Å². The van der Waals surface area contributed by atoms with Gasteiger partial charge >= 0.3 is 0 Å². The summed E-state index contributed by atoms with van der Waals surface area (Å²) in [5.74, 6) is 0.952. The molecule has 1 N–H and O–H groups in total. The number of carbonyl (C=O) groups is 1. The largest absolute Gasteiger partial charge is 0.349 e. The van der Waals surface area contributed by atoms with Crippen molar-refractivity contribution in [1.82, 2.24) is 20.4 Å². The van der Waals surface area contributed by atoms with Crippen molar-refractivity contribution in [3.8, 4) is 11.4 Å². The first kappa shape index (κ1) is 22.8. The van der Waals surface area contributed by atoms with E-state index in [9.17, 15) is 4.79 Å². The van der Waals surface area contributed by atoms with E-state index in [-0.39, 0.29) is 17.9 Å². The molecule has 1 amide bonds. The van der Waals surface area contributed by atoms with Crippen LogP contribution in [-0.2, 0) is 11.3 Å². The molecule has 6 nitrogen and oxygen atoms in total. The van der Waals surface area contributed by atoms with Crippen LogP contribution in [0.2, 0.25) is 10.0 Å². The number of benzene rings is 2. The lowest BCUT2D eigenvalue weighted by Gasteiger charge is -2.31. The minimum absolute atomic E-state index is 0.0262. The topological polar surface area (TPSA) is 71.3 Å². The van der Waals surface area contributed by atoms with Crippen LogP contribution >= 0.6 is 23.2 Å². The van der Waals surface area contributed by atoms with E-state index in [1.807, 2.05) is 19.1 Å². The fraction of sp³-hybridized carbons (Fsp3) is 0.375. The molecule has 1 aliphatic rings. The summed E-state index contributed by atoms with van der Waals surface area (Å²) in [5.41, 5.74) is 3.00. The van der Waals surface area contributed by atoms with Crippen molar-refractivity contribution in [1.29, 1.82) is 0 Å². The standard InChI is InChI=1S/C24H26Cl2N4O2/c1-15-6-3-4-8-19(15)16(2)27-24(31)17-7-5-11-30(13-17)14-22-28-23(29-32-22)20-10-9-18(25)12-21(20)26/h3-4,6,8-10,12,16-17H,5,7,11,13-14H2,1-2H3,(H,27,31). The Balaban J connectivity index is 1.37. The van der Waals surface area contributed by atoms with Gasteiger partial charge in [0.2, 0.25) is 17.6 Å². The number of aromatic nitrogens is 2. The van der Waals surface area contributed by atoms with Crippen molar-refractivity contribution in [2.24, 2.45) is 5.92 Å². The molecular formula is C24H26Cl2N4O2. The number of aryl methyl sites for hydroxylation is 1. The van der Waals surface area contributed by atoms with Crippen LogP contribution in [0.1, 0.15) is 42.8 Å². The molecule has 1 fully saturated rings. The highest BCUT2D eigenvalue weighted by molar-refractivity contribution is 6.36. The van der Waals surface area contributed by atoms with Crippen molar-refractivity contribution in [2.75, 3.05) is 13.1 Å². The third kappa shape index (κ3) is 5.31. The number of carbonyl (C=O) groups excluding carboxylic acids is 1. The Morgan fingerprint density at radius 1 is 1.28 bits per heavy atom. The molecule has 0 saturated carbocycles. The van der Waals surface area contributed by atoms with Crippen LogP contribution in [0.25, 0.3) is 11.4 Å². The molecule has 2 atom stereocenters. The Hall–Kier alpha value is -2.41. The van der Waals surface area contributed by atoms with Crippen molar-refractivity contribution in [2.45, 2.75) is 39.3 Å². The molecule has 32 heavy (non-hydrogen) atoms. The van der Waals surface area contributed by atoms with Gasteiger partial charge in [-0.2, -0.15) is 4.98 Å². The zero-order valence-electron chi connectivity index (χ0n) is 18.1. The smallest absolute Gasteiger partial charge is 0.241 e. The molecule has 2 aromatic carbocycles.